The zero-order valence-corrected chi connectivity index (χ0v) is 12.9. The number of nitrogens with one attached hydrogen (secondary N) is 2. The van der Waals surface area contributed by atoms with Gasteiger partial charge in [0.2, 0.25) is 0 Å². The summed E-state index contributed by atoms with van der Waals surface area (Å²) in [6, 6.07) is 20.3. The van der Waals surface area contributed by atoms with Gasteiger partial charge in [0, 0.05) is 6.54 Å². The molecule has 0 atom stereocenters. The third-order valence-corrected chi connectivity index (χ3v) is 3.29. The molecule has 0 saturated heterocycles. The van der Waals surface area contributed by atoms with Crippen LogP contribution in [-0.2, 0) is 6.42 Å². The van der Waals surface area contributed by atoms with E-state index in [0.717, 1.165) is 24.2 Å². The summed E-state index contributed by atoms with van der Waals surface area (Å²) in [5.74, 6) is 0. The quantitative estimate of drug-likeness (QED) is 0.506. The highest BCUT2D eigenvalue weighted by Gasteiger charge is 1.97. The van der Waals surface area contributed by atoms with E-state index in [1.54, 1.807) is 0 Å². The van der Waals surface area contributed by atoms with Gasteiger partial charge in [0.25, 0.3) is 0 Å². The molecule has 0 unspecified atom stereocenters. The standard InChI is InChI=1S/C17H19N3S/c1-14(16-10-6-3-7-11-16)19-20-17(21)18-13-12-15-8-4-2-5-9-15/h2-11H,12-13H2,1H3,(H2,18,20,21)/b19-14-. The molecule has 0 aliphatic heterocycles. The third kappa shape index (κ3) is 5.36. The van der Waals surface area contributed by atoms with Crippen molar-refractivity contribution in [2.75, 3.05) is 6.54 Å². The summed E-state index contributed by atoms with van der Waals surface area (Å²) in [5.41, 5.74) is 6.15. The molecule has 0 saturated carbocycles. The number of benzene rings is 2. The van der Waals surface area contributed by atoms with Crippen LogP contribution >= 0.6 is 12.2 Å². The molecule has 2 N–H and O–H groups in total. The topological polar surface area (TPSA) is 36.4 Å². The lowest BCUT2D eigenvalue weighted by atomic mass is 10.1. The van der Waals surface area contributed by atoms with Crippen LogP contribution in [0.15, 0.2) is 65.8 Å². The summed E-state index contributed by atoms with van der Waals surface area (Å²) in [4.78, 5) is 0. The van der Waals surface area contributed by atoms with Crippen LogP contribution < -0.4 is 10.7 Å². The summed E-state index contributed by atoms with van der Waals surface area (Å²) >= 11 is 5.21. The van der Waals surface area contributed by atoms with E-state index >= 15 is 0 Å². The Labute approximate surface area is 131 Å². The predicted molar refractivity (Wildman–Crippen MR) is 92.5 cm³/mol. The van der Waals surface area contributed by atoms with E-state index in [4.69, 9.17) is 12.2 Å². The maximum absolute atomic E-state index is 5.21. The maximum Gasteiger partial charge on any atom is 0.186 e. The molecule has 21 heavy (non-hydrogen) atoms. The molecule has 0 aromatic heterocycles. The molecule has 0 aliphatic rings. The number of hydrazone groups is 1. The van der Waals surface area contributed by atoms with Gasteiger partial charge in [-0.25, -0.2) is 0 Å². The van der Waals surface area contributed by atoms with Crippen LogP contribution in [0.2, 0.25) is 0 Å². The van der Waals surface area contributed by atoms with Crippen LogP contribution in [0.1, 0.15) is 18.1 Å². The van der Waals surface area contributed by atoms with Gasteiger partial charge in [-0.2, -0.15) is 5.10 Å². The lowest BCUT2D eigenvalue weighted by Gasteiger charge is -2.08. The fourth-order valence-electron chi connectivity index (χ4n) is 1.88. The fourth-order valence-corrected chi connectivity index (χ4v) is 2.03. The Bertz CT molecular complexity index is 594. The SMILES string of the molecule is C/C(=N/NC(=S)NCCc1ccccc1)c1ccccc1. The summed E-state index contributed by atoms with van der Waals surface area (Å²) in [7, 11) is 0. The Kier molecular flexibility index (Phi) is 5.91. The minimum atomic E-state index is 0.543. The Morgan fingerprint density at radius 2 is 1.62 bits per heavy atom. The summed E-state index contributed by atoms with van der Waals surface area (Å²) in [6.07, 6.45) is 0.935. The molecular weight excluding hydrogens is 278 g/mol. The molecule has 0 spiro atoms. The van der Waals surface area contributed by atoms with Crippen LogP contribution in [0.3, 0.4) is 0 Å². The second-order valence-corrected chi connectivity index (χ2v) is 5.07. The predicted octanol–water partition coefficient (Wildman–Crippen LogP) is 3.12. The molecule has 2 aromatic rings. The average Bonchev–Trinajstić information content (AvgIpc) is 2.54. The van der Waals surface area contributed by atoms with E-state index < -0.39 is 0 Å². The first-order valence-electron chi connectivity index (χ1n) is 6.93. The molecule has 3 nitrogen and oxygen atoms in total. The second-order valence-electron chi connectivity index (χ2n) is 4.67. The first-order chi connectivity index (χ1) is 10.3. The number of hydrogen-bond acceptors (Lipinski definition) is 2. The molecule has 2 rings (SSSR count). The van der Waals surface area contributed by atoms with Crippen molar-refractivity contribution in [1.29, 1.82) is 0 Å². The van der Waals surface area contributed by atoms with Crippen molar-refractivity contribution in [3.05, 3.63) is 71.8 Å². The Morgan fingerprint density at radius 1 is 1.00 bits per heavy atom. The molecule has 0 bridgehead atoms. The van der Waals surface area contributed by atoms with Crippen LogP contribution in [-0.4, -0.2) is 17.4 Å². The molecule has 0 heterocycles. The normalized spacial score (nSPS) is 11.0. The van der Waals surface area contributed by atoms with Crippen molar-refractivity contribution in [2.24, 2.45) is 5.10 Å². The fraction of sp³-hybridized carbons (Fsp3) is 0.176. The lowest BCUT2D eigenvalue weighted by molar-refractivity contribution is 0.836. The van der Waals surface area contributed by atoms with Gasteiger partial charge < -0.3 is 5.32 Å². The summed E-state index contributed by atoms with van der Waals surface area (Å²) in [5, 5.41) is 7.98. The first-order valence-corrected chi connectivity index (χ1v) is 7.34. The van der Waals surface area contributed by atoms with E-state index in [-0.39, 0.29) is 0 Å². The minimum absolute atomic E-state index is 0.543. The number of nitrogens with zero attached hydrogens (tertiary/aromatic N) is 1. The second kappa shape index (κ2) is 8.17. The van der Waals surface area contributed by atoms with Crippen molar-refractivity contribution < 1.29 is 0 Å². The first kappa shape index (κ1) is 15.2. The molecule has 2 aromatic carbocycles. The summed E-state index contributed by atoms with van der Waals surface area (Å²) in [6.45, 7) is 2.74. The van der Waals surface area contributed by atoms with Crippen LogP contribution in [0.4, 0.5) is 0 Å². The highest BCUT2D eigenvalue weighted by molar-refractivity contribution is 7.80. The smallest absolute Gasteiger partial charge is 0.186 e. The largest absolute Gasteiger partial charge is 0.361 e. The van der Waals surface area contributed by atoms with Crippen molar-refractivity contribution in [1.82, 2.24) is 10.7 Å². The van der Waals surface area contributed by atoms with Gasteiger partial charge in [-0.3, -0.25) is 5.43 Å². The maximum atomic E-state index is 5.21. The van der Waals surface area contributed by atoms with Gasteiger partial charge in [-0.05, 0) is 36.7 Å². The van der Waals surface area contributed by atoms with E-state index in [1.807, 2.05) is 55.5 Å². The van der Waals surface area contributed by atoms with Gasteiger partial charge in [0.05, 0.1) is 5.71 Å². The summed E-state index contributed by atoms with van der Waals surface area (Å²) < 4.78 is 0. The Balaban J connectivity index is 1.75. The zero-order chi connectivity index (χ0) is 14.9. The molecule has 4 heteroatoms. The number of thiocarbonyl (C=S) groups is 1. The van der Waals surface area contributed by atoms with Gasteiger partial charge in [-0.1, -0.05) is 60.7 Å². The van der Waals surface area contributed by atoms with Crippen molar-refractivity contribution in [2.45, 2.75) is 13.3 Å². The third-order valence-electron chi connectivity index (χ3n) is 3.06. The lowest BCUT2D eigenvalue weighted by Crippen LogP contribution is -2.33. The monoisotopic (exact) mass is 297 g/mol. The molecular formula is C17H19N3S. The van der Waals surface area contributed by atoms with Crippen molar-refractivity contribution in [3.63, 3.8) is 0 Å². The number of rotatable bonds is 5. The average molecular weight is 297 g/mol. The molecule has 0 amide bonds. The van der Waals surface area contributed by atoms with Gasteiger partial charge in [-0.15, -0.1) is 0 Å². The van der Waals surface area contributed by atoms with Crippen LogP contribution in [0.5, 0.6) is 0 Å². The van der Waals surface area contributed by atoms with E-state index in [2.05, 4.69) is 28.0 Å². The molecule has 0 aliphatic carbocycles. The minimum Gasteiger partial charge on any atom is -0.361 e. The van der Waals surface area contributed by atoms with Crippen LogP contribution in [0, 0.1) is 0 Å². The molecule has 108 valence electrons. The zero-order valence-electron chi connectivity index (χ0n) is 12.0. The van der Waals surface area contributed by atoms with Gasteiger partial charge >= 0.3 is 0 Å². The van der Waals surface area contributed by atoms with Crippen molar-refractivity contribution >= 4 is 23.0 Å². The highest BCUT2D eigenvalue weighted by Crippen LogP contribution is 2.00. The van der Waals surface area contributed by atoms with Gasteiger partial charge in [0.1, 0.15) is 0 Å². The van der Waals surface area contributed by atoms with Crippen LogP contribution in [0.25, 0.3) is 0 Å². The van der Waals surface area contributed by atoms with E-state index in [1.165, 1.54) is 5.56 Å². The highest BCUT2D eigenvalue weighted by atomic mass is 32.1. The van der Waals surface area contributed by atoms with Gasteiger partial charge in [0.15, 0.2) is 5.11 Å². The molecule has 0 radical (unpaired) electrons. The Morgan fingerprint density at radius 3 is 2.29 bits per heavy atom. The number of hydrogen-bond donors (Lipinski definition) is 2. The van der Waals surface area contributed by atoms with E-state index in [9.17, 15) is 0 Å². The van der Waals surface area contributed by atoms with Crippen molar-refractivity contribution in [3.8, 4) is 0 Å². The molecule has 0 fully saturated rings. The Hall–Kier alpha value is -2.20. The van der Waals surface area contributed by atoms with E-state index in [0.29, 0.717) is 5.11 Å².